The van der Waals surface area contributed by atoms with Gasteiger partial charge in [0.25, 0.3) is 0 Å². The van der Waals surface area contributed by atoms with Crippen LogP contribution in [0.4, 0.5) is 4.39 Å². The Morgan fingerprint density at radius 3 is 2.46 bits per heavy atom. The third-order valence-electron chi connectivity index (χ3n) is 4.70. The molecule has 0 saturated carbocycles. The van der Waals surface area contributed by atoms with Crippen molar-refractivity contribution in [2.24, 2.45) is 5.73 Å². The van der Waals surface area contributed by atoms with Crippen LogP contribution >= 0.6 is 12.4 Å². The van der Waals surface area contributed by atoms with Gasteiger partial charge in [0.2, 0.25) is 10.0 Å². The zero-order valence-electron chi connectivity index (χ0n) is 15.2. The lowest BCUT2D eigenvalue weighted by Gasteiger charge is -2.26. The van der Waals surface area contributed by atoms with Crippen molar-refractivity contribution < 1.29 is 22.3 Å². The molecule has 1 fully saturated rings. The highest BCUT2D eigenvalue weighted by molar-refractivity contribution is 7.89. The summed E-state index contributed by atoms with van der Waals surface area (Å²) >= 11 is 0. The van der Waals surface area contributed by atoms with Gasteiger partial charge in [-0.3, -0.25) is 0 Å². The molecular formula is C17H28ClFN2O4S. The molecule has 1 saturated heterocycles. The van der Waals surface area contributed by atoms with Crippen LogP contribution in [-0.4, -0.2) is 39.8 Å². The first-order valence-electron chi connectivity index (χ1n) is 8.62. The summed E-state index contributed by atoms with van der Waals surface area (Å²) in [5.41, 5.74) is 5.50. The van der Waals surface area contributed by atoms with Gasteiger partial charge in [0.1, 0.15) is 6.10 Å². The van der Waals surface area contributed by atoms with Gasteiger partial charge in [0, 0.05) is 24.9 Å². The van der Waals surface area contributed by atoms with E-state index in [1.807, 2.05) is 13.8 Å². The molecule has 0 spiro atoms. The first kappa shape index (κ1) is 23.1. The van der Waals surface area contributed by atoms with Crippen molar-refractivity contribution in [1.82, 2.24) is 4.72 Å². The predicted octanol–water partition coefficient (Wildman–Crippen LogP) is 2.60. The van der Waals surface area contributed by atoms with Crippen LogP contribution in [0.25, 0.3) is 0 Å². The number of sulfonamides is 1. The maximum Gasteiger partial charge on any atom is 0.240 e. The van der Waals surface area contributed by atoms with E-state index in [1.165, 1.54) is 12.1 Å². The second kappa shape index (κ2) is 9.85. The number of ether oxygens (including phenoxy) is 2. The number of nitrogens with two attached hydrogens (primary N) is 1. The molecule has 0 amide bonds. The lowest BCUT2D eigenvalue weighted by Crippen LogP contribution is -2.49. The highest BCUT2D eigenvalue weighted by Gasteiger charge is 2.25. The average molecular weight is 411 g/mol. The highest BCUT2D eigenvalue weighted by atomic mass is 35.5. The molecule has 0 aromatic heterocycles. The Labute approximate surface area is 161 Å². The maximum absolute atomic E-state index is 14.3. The lowest BCUT2D eigenvalue weighted by molar-refractivity contribution is 0.0240. The van der Waals surface area contributed by atoms with E-state index >= 15 is 0 Å². The molecule has 9 heteroatoms. The Balaban J connectivity index is 0.00000338. The van der Waals surface area contributed by atoms with Gasteiger partial charge in [0.15, 0.2) is 11.6 Å². The van der Waals surface area contributed by atoms with E-state index in [2.05, 4.69) is 4.72 Å². The molecule has 1 aliphatic rings. The maximum atomic E-state index is 14.3. The van der Waals surface area contributed by atoms with E-state index in [0.29, 0.717) is 38.9 Å². The van der Waals surface area contributed by atoms with Crippen LogP contribution in [0.15, 0.2) is 23.1 Å². The minimum absolute atomic E-state index is 0. The minimum Gasteiger partial charge on any atom is -0.487 e. The fraction of sp³-hybridized carbons (Fsp3) is 0.647. The number of benzene rings is 1. The van der Waals surface area contributed by atoms with Crippen molar-refractivity contribution in [2.75, 3.05) is 19.8 Å². The Morgan fingerprint density at radius 1 is 1.31 bits per heavy atom. The predicted molar refractivity (Wildman–Crippen MR) is 101 cm³/mol. The summed E-state index contributed by atoms with van der Waals surface area (Å²) in [4.78, 5) is -0.140. The van der Waals surface area contributed by atoms with Crippen molar-refractivity contribution >= 4 is 22.4 Å². The zero-order valence-corrected chi connectivity index (χ0v) is 16.8. The van der Waals surface area contributed by atoms with Crippen molar-refractivity contribution in [3.63, 3.8) is 0 Å². The molecule has 3 N–H and O–H groups in total. The molecule has 1 aromatic rings. The summed E-state index contributed by atoms with van der Waals surface area (Å²) in [7, 11) is -3.83. The van der Waals surface area contributed by atoms with Crippen molar-refractivity contribution in [3.8, 4) is 5.75 Å². The van der Waals surface area contributed by atoms with E-state index in [1.54, 1.807) is 0 Å². The Bertz CT molecular complexity index is 677. The van der Waals surface area contributed by atoms with Gasteiger partial charge < -0.3 is 15.2 Å². The SMILES string of the molecule is CCC(N)(CC)CNS(=O)(=O)c1ccc(OC2CCOCC2)c(F)c1.Cl. The molecule has 0 aliphatic carbocycles. The normalized spacial score (nSPS) is 16.2. The summed E-state index contributed by atoms with van der Waals surface area (Å²) in [6, 6.07) is 3.68. The third-order valence-corrected chi connectivity index (χ3v) is 6.10. The number of hydrogen-bond donors (Lipinski definition) is 2. The van der Waals surface area contributed by atoms with Crippen LogP contribution < -0.4 is 15.2 Å². The second-order valence-electron chi connectivity index (χ2n) is 6.42. The van der Waals surface area contributed by atoms with Crippen LogP contribution in [0.2, 0.25) is 0 Å². The van der Waals surface area contributed by atoms with E-state index < -0.39 is 21.4 Å². The monoisotopic (exact) mass is 410 g/mol. The minimum atomic E-state index is -3.83. The van der Waals surface area contributed by atoms with Gasteiger partial charge >= 0.3 is 0 Å². The quantitative estimate of drug-likeness (QED) is 0.687. The van der Waals surface area contributed by atoms with Crippen molar-refractivity contribution in [1.29, 1.82) is 0 Å². The number of hydrogen-bond acceptors (Lipinski definition) is 5. The van der Waals surface area contributed by atoms with Gasteiger partial charge in [0.05, 0.1) is 18.1 Å². The molecule has 150 valence electrons. The molecule has 6 nitrogen and oxygen atoms in total. The molecule has 26 heavy (non-hydrogen) atoms. The summed E-state index contributed by atoms with van der Waals surface area (Å²) in [6.07, 6.45) is 2.54. The number of rotatable bonds is 8. The number of halogens is 2. The molecule has 1 aromatic carbocycles. The van der Waals surface area contributed by atoms with Gasteiger partial charge in [-0.05, 0) is 31.0 Å². The standard InChI is InChI=1S/C17H27FN2O4S.ClH/c1-3-17(19,4-2)12-20-25(21,22)14-5-6-16(15(18)11-14)24-13-7-9-23-10-8-13;/h5-6,11,13,20H,3-4,7-10,12,19H2,1-2H3;1H. The summed E-state index contributed by atoms with van der Waals surface area (Å²) in [5.74, 6) is -0.638. The fourth-order valence-electron chi connectivity index (χ4n) is 2.54. The first-order valence-corrected chi connectivity index (χ1v) is 10.1. The van der Waals surface area contributed by atoms with Gasteiger partial charge in [-0.2, -0.15) is 0 Å². The molecule has 1 aliphatic heterocycles. The van der Waals surface area contributed by atoms with Crippen LogP contribution in [0, 0.1) is 5.82 Å². The molecule has 2 rings (SSSR count). The third kappa shape index (κ3) is 6.06. The summed E-state index contributed by atoms with van der Waals surface area (Å²) in [6.45, 7) is 5.07. The average Bonchev–Trinajstić information content (AvgIpc) is 2.62. The lowest BCUT2D eigenvalue weighted by atomic mass is 9.95. The van der Waals surface area contributed by atoms with Gasteiger partial charge in [-0.15, -0.1) is 12.4 Å². The van der Waals surface area contributed by atoms with Gasteiger partial charge in [-0.1, -0.05) is 13.8 Å². The number of nitrogens with one attached hydrogen (secondary N) is 1. The van der Waals surface area contributed by atoms with Gasteiger partial charge in [-0.25, -0.2) is 17.5 Å². The molecule has 1 heterocycles. The second-order valence-corrected chi connectivity index (χ2v) is 8.18. The highest BCUT2D eigenvalue weighted by Crippen LogP contribution is 2.24. The van der Waals surface area contributed by atoms with E-state index in [0.717, 1.165) is 6.07 Å². The van der Waals surface area contributed by atoms with E-state index in [4.69, 9.17) is 15.2 Å². The zero-order chi connectivity index (χ0) is 18.5. The molecular weight excluding hydrogens is 383 g/mol. The summed E-state index contributed by atoms with van der Waals surface area (Å²) < 4.78 is 52.3. The van der Waals surface area contributed by atoms with Crippen molar-refractivity contribution in [3.05, 3.63) is 24.0 Å². The van der Waals surface area contributed by atoms with Crippen LogP contribution in [0.3, 0.4) is 0 Å². The Hall–Kier alpha value is -0.930. The molecule has 0 atom stereocenters. The van der Waals surface area contributed by atoms with Crippen LogP contribution in [-0.2, 0) is 14.8 Å². The summed E-state index contributed by atoms with van der Waals surface area (Å²) in [5, 5.41) is 0. The van der Waals surface area contributed by atoms with Crippen LogP contribution in [0.1, 0.15) is 39.5 Å². The van der Waals surface area contributed by atoms with Crippen molar-refractivity contribution in [2.45, 2.75) is 56.1 Å². The fourth-order valence-corrected chi connectivity index (χ4v) is 3.69. The molecule has 0 bridgehead atoms. The Morgan fingerprint density at radius 2 is 1.92 bits per heavy atom. The molecule has 0 radical (unpaired) electrons. The first-order chi connectivity index (χ1) is 11.8. The smallest absolute Gasteiger partial charge is 0.240 e. The van der Waals surface area contributed by atoms with E-state index in [-0.39, 0.29) is 35.7 Å². The topological polar surface area (TPSA) is 90.7 Å². The molecule has 0 unspecified atom stereocenters. The van der Waals surface area contributed by atoms with Crippen LogP contribution in [0.5, 0.6) is 5.75 Å². The Kier molecular flexibility index (Phi) is 8.75. The largest absolute Gasteiger partial charge is 0.487 e. The van der Waals surface area contributed by atoms with E-state index in [9.17, 15) is 12.8 Å².